The second-order valence-electron chi connectivity index (χ2n) is 6.91. The van der Waals surface area contributed by atoms with Crippen LogP contribution in [0.25, 0.3) is 0 Å². The SMILES string of the molecule is CCOc1ccc(N(C(=O)COc2c(C)cccc2C)S(=O)(=O)c2ccccc2)cc1. The van der Waals surface area contributed by atoms with Crippen LogP contribution in [0.1, 0.15) is 18.1 Å². The molecule has 0 atom stereocenters. The van der Waals surface area contributed by atoms with Crippen molar-refractivity contribution < 1.29 is 22.7 Å². The zero-order valence-electron chi connectivity index (χ0n) is 17.7. The van der Waals surface area contributed by atoms with Gasteiger partial charge in [0.1, 0.15) is 11.5 Å². The molecule has 6 nitrogen and oxygen atoms in total. The fraction of sp³-hybridized carbons (Fsp3) is 0.208. The molecule has 0 aliphatic heterocycles. The molecule has 31 heavy (non-hydrogen) atoms. The van der Waals surface area contributed by atoms with Crippen LogP contribution in [0.15, 0.2) is 77.7 Å². The Morgan fingerprint density at radius 1 is 0.839 bits per heavy atom. The molecule has 0 saturated heterocycles. The summed E-state index contributed by atoms with van der Waals surface area (Å²) in [6, 6.07) is 19.8. The number of ether oxygens (including phenoxy) is 2. The molecule has 3 aromatic rings. The Labute approximate surface area is 183 Å². The maximum absolute atomic E-state index is 13.3. The van der Waals surface area contributed by atoms with Crippen molar-refractivity contribution in [1.82, 2.24) is 0 Å². The van der Waals surface area contributed by atoms with E-state index in [-0.39, 0.29) is 10.6 Å². The Morgan fingerprint density at radius 2 is 1.45 bits per heavy atom. The normalized spacial score (nSPS) is 11.1. The number of hydrogen-bond donors (Lipinski definition) is 0. The summed E-state index contributed by atoms with van der Waals surface area (Å²) in [5.41, 5.74) is 1.94. The van der Waals surface area contributed by atoms with Gasteiger partial charge in [0.2, 0.25) is 0 Å². The van der Waals surface area contributed by atoms with Crippen molar-refractivity contribution in [2.45, 2.75) is 25.7 Å². The number of carbonyl (C=O) groups is 1. The average Bonchev–Trinajstić information content (AvgIpc) is 2.75. The molecule has 0 N–H and O–H groups in total. The van der Waals surface area contributed by atoms with Crippen molar-refractivity contribution in [3.05, 3.63) is 83.9 Å². The molecule has 0 aromatic heterocycles. The third-order valence-electron chi connectivity index (χ3n) is 4.64. The first-order valence-corrected chi connectivity index (χ1v) is 11.3. The van der Waals surface area contributed by atoms with Gasteiger partial charge in [0, 0.05) is 0 Å². The molecule has 162 valence electrons. The molecule has 0 unspecified atom stereocenters. The molecular formula is C24H25NO5S. The van der Waals surface area contributed by atoms with Gasteiger partial charge in [0.05, 0.1) is 17.2 Å². The Bertz CT molecular complexity index is 1120. The minimum Gasteiger partial charge on any atom is -0.494 e. The molecule has 0 bridgehead atoms. The molecule has 3 aromatic carbocycles. The van der Waals surface area contributed by atoms with Crippen molar-refractivity contribution in [3.8, 4) is 11.5 Å². The fourth-order valence-electron chi connectivity index (χ4n) is 3.18. The fourth-order valence-corrected chi connectivity index (χ4v) is 4.61. The monoisotopic (exact) mass is 439 g/mol. The van der Waals surface area contributed by atoms with Gasteiger partial charge in [0.15, 0.2) is 6.61 Å². The maximum Gasteiger partial charge on any atom is 0.278 e. The predicted octanol–water partition coefficient (Wildman–Crippen LogP) is 4.50. The van der Waals surface area contributed by atoms with Crippen molar-refractivity contribution in [1.29, 1.82) is 0 Å². The highest BCUT2D eigenvalue weighted by Gasteiger charge is 2.31. The Kier molecular flexibility index (Phi) is 6.97. The molecule has 0 aliphatic rings. The molecule has 1 amide bonds. The largest absolute Gasteiger partial charge is 0.494 e. The van der Waals surface area contributed by atoms with Gasteiger partial charge in [0.25, 0.3) is 15.9 Å². The minimum atomic E-state index is -4.14. The lowest BCUT2D eigenvalue weighted by Gasteiger charge is -2.23. The topological polar surface area (TPSA) is 72.9 Å². The van der Waals surface area contributed by atoms with Gasteiger partial charge in [-0.1, -0.05) is 36.4 Å². The van der Waals surface area contributed by atoms with Gasteiger partial charge in [-0.25, -0.2) is 8.42 Å². The minimum absolute atomic E-state index is 0.0179. The lowest BCUT2D eigenvalue weighted by atomic mass is 10.1. The summed E-state index contributed by atoms with van der Waals surface area (Å²) in [6.07, 6.45) is 0. The first kappa shape index (κ1) is 22.4. The average molecular weight is 440 g/mol. The highest BCUT2D eigenvalue weighted by atomic mass is 32.2. The van der Waals surface area contributed by atoms with Gasteiger partial charge >= 0.3 is 0 Å². The van der Waals surface area contributed by atoms with Crippen LogP contribution >= 0.6 is 0 Å². The summed E-state index contributed by atoms with van der Waals surface area (Å²) in [6.45, 7) is 5.66. The van der Waals surface area contributed by atoms with Crippen molar-refractivity contribution >= 4 is 21.6 Å². The maximum atomic E-state index is 13.3. The van der Waals surface area contributed by atoms with Gasteiger partial charge in [-0.3, -0.25) is 4.79 Å². The molecular weight excluding hydrogens is 414 g/mol. The summed E-state index contributed by atoms with van der Waals surface area (Å²) < 4.78 is 38.7. The summed E-state index contributed by atoms with van der Waals surface area (Å²) >= 11 is 0. The number of nitrogens with zero attached hydrogens (tertiary/aromatic N) is 1. The number of amides is 1. The van der Waals surface area contributed by atoms with E-state index < -0.39 is 22.5 Å². The molecule has 0 heterocycles. The molecule has 0 spiro atoms. The van der Waals surface area contributed by atoms with Crippen LogP contribution in [0.2, 0.25) is 0 Å². The lowest BCUT2D eigenvalue weighted by molar-refractivity contribution is -0.119. The lowest BCUT2D eigenvalue weighted by Crippen LogP contribution is -2.40. The number of hydrogen-bond acceptors (Lipinski definition) is 5. The van der Waals surface area contributed by atoms with Crippen LogP contribution in [-0.4, -0.2) is 27.5 Å². The number of anilines is 1. The van der Waals surface area contributed by atoms with Gasteiger partial charge < -0.3 is 9.47 Å². The Hall–Kier alpha value is -3.32. The van der Waals surface area contributed by atoms with Crippen LogP contribution in [0, 0.1) is 13.8 Å². The second kappa shape index (κ2) is 9.66. The standard InChI is InChI=1S/C24H25NO5S/c1-4-29-21-15-13-20(14-16-21)25(31(27,28)22-11-6-5-7-12-22)23(26)17-30-24-18(2)9-8-10-19(24)3/h5-16H,4,17H2,1-3H3. The van der Waals surface area contributed by atoms with E-state index in [0.29, 0.717) is 18.1 Å². The predicted molar refractivity (Wildman–Crippen MR) is 120 cm³/mol. The highest BCUT2D eigenvalue weighted by molar-refractivity contribution is 7.93. The van der Waals surface area contributed by atoms with Crippen molar-refractivity contribution in [2.24, 2.45) is 0 Å². The number of benzene rings is 3. The molecule has 3 rings (SSSR count). The van der Waals surface area contributed by atoms with Crippen LogP contribution in [-0.2, 0) is 14.8 Å². The van der Waals surface area contributed by atoms with Gasteiger partial charge in [-0.2, -0.15) is 4.31 Å². The smallest absolute Gasteiger partial charge is 0.278 e. The zero-order valence-corrected chi connectivity index (χ0v) is 18.6. The van der Waals surface area contributed by atoms with Gasteiger partial charge in [-0.05, 0) is 68.3 Å². The van der Waals surface area contributed by atoms with Crippen LogP contribution in [0.4, 0.5) is 5.69 Å². The Morgan fingerprint density at radius 3 is 2.03 bits per heavy atom. The van der Waals surface area contributed by atoms with E-state index in [1.54, 1.807) is 42.5 Å². The number of sulfonamides is 1. The number of carbonyl (C=O) groups excluding carboxylic acids is 1. The zero-order chi connectivity index (χ0) is 22.4. The third-order valence-corrected chi connectivity index (χ3v) is 6.40. The second-order valence-corrected chi connectivity index (χ2v) is 8.70. The number of aryl methyl sites for hydroxylation is 2. The molecule has 0 fully saturated rings. The van der Waals surface area contributed by atoms with Crippen LogP contribution < -0.4 is 13.8 Å². The summed E-state index contributed by atoms with van der Waals surface area (Å²) in [5.74, 6) is 0.456. The van der Waals surface area contributed by atoms with Crippen LogP contribution in [0.3, 0.4) is 0 Å². The molecule has 7 heteroatoms. The van der Waals surface area contributed by atoms with E-state index in [1.165, 1.54) is 12.1 Å². The van der Waals surface area contributed by atoms with E-state index in [2.05, 4.69) is 0 Å². The molecule has 0 saturated carbocycles. The number of rotatable bonds is 8. The van der Waals surface area contributed by atoms with Crippen molar-refractivity contribution in [3.63, 3.8) is 0 Å². The van der Waals surface area contributed by atoms with E-state index in [9.17, 15) is 13.2 Å². The molecule has 0 aliphatic carbocycles. The van der Waals surface area contributed by atoms with E-state index in [1.807, 2.05) is 39.0 Å². The van der Waals surface area contributed by atoms with E-state index in [0.717, 1.165) is 15.4 Å². The highest BCUT2D eigenvalue weighted by Crippen LogP contribution is 2.27. The first-order chi connectivity index (χ1) is 14.8. The Balaban J connectivity index is 1.96. The molecule has 0 radical (unpaired) electrons. The van der Waals surface area contributed by atoms with E-state index in [4.69, 9.17) is 9.47 Å². The number of para-hydroxylation sites is 1. The summed E-state index contributed by atoms with van der Waals surface area (Å²) in [4.78, 5) is 13.2. The summed E-state index contributed by atoms with van der Waals surface area (Å²) in [5, 5.41) is 0. The summed E-state index contributed by atoms with van der Waals surface area (Å²) in [7, 11) is -4.14. The van der Waals surface area contributed by atoms with Gasteiger partial charge in [-0.15, -0.1) is 0 Å². The quantitative estimate of drug-likeness (QED) is 0.517. The first-order valence-electron chi connectivity index (χ1n) is 9.89. The van der Waals surface area contributed by atoms with Crippen molar-refractivity contribution in [2.75, 3.05) is 17.5 Å². The third kappa shape index (κ3) is 5.06. The van der Waals surface area contributed by atoms with E-state index >= 15 is 0 Å². The van der Waals surface area contributed by atoms with Crippen LogP contribution in [0.5, 0.6) is 11.5 Å².